The molecule has 100 valence electrons. The van der Waals surface area contributed by atoms with Crippen molar-refractivity contribution in [3.63, 3.8) is 0 Å². The van der Waals surface area contributed by atoms with Crippen molar-refractivity contribution in [3.8, 4) is 0 Å². The van der Waals surface area contributed by atoms with E-state index in [1.54, 1.807) is 7.11 Å². The van der Waals surface area contributed by atoms with E-state index >= 15 is 0 Å². The zero-order valence-corrected chi connectivity index (χ0v) is 11.9. The predicted octanol–water partition coefficient (Wildman–Crippen LogP) is 1.90. The van der Waals surface area contributed by atoms with E-state index in [0.29, 0.717) is 5.92 Å². The minimum absolute atomic E-state index is 0.173. The van der Waals surface area contributed by atoms with E-state index in [4.69, 9.17) is 4.74 Å². The Morgan fingerprint density at radius 2 is 2.18 bits per heavy atom. The lowest BCUT2D eigenvalue weighted by atomic mass is 10.1. The molecule has 1 atom stereocenters. The van der Waals surface area contributed by atoms with Gasteiger partial charge in [-0.2, -0.15) is 0 Å². The second-order valence-corrected chi connectivity index (χ2v) is 6.20. The number of hydrogen-bond acceptors (Lipinski definition) is 3. The molecule has 1 unspecified atom stereocenters. The van der Waals surface area contributed by atoms with Crippen LogP contribution in [0.25, 0.3) is 0 Å². The van der Waals surface area contributed by atoms with Crippen LogP contribution in [-0.2, 0) is 4.74 Å². The molecule has 1 aliphatic heterocycles. The van der Waals surface area contributed by atoms with Crippen LogP contribution in [0.3, 0.4) is 0 Å². The fourth-order valence-electron chi connectivity index (χ4n) is 2.19. The van der Waals surface area contributed by atoms with E-state index in [2.05, 4.69) is 37.6 Å². The van der Waals surface area contributed by atoms with Crippen LogP contribution in [0.2, 0.25) is 0 Å². The van der Waals surface area contributed by atoms with Gasteiger partial charge >= 0.3 is 0 Å². The Balaban J connectivity index is 2.19. The van der Waals surface area contributed by atoms with E-state index in [1.165, 1.54) is 18.5 Å². The number of methoxy groups -OCH3 is 1. The summed E-state index contributed by atoms with van der Waals surface area (Å²) in [4.78, 5) is 2.48. The molecule has 3 heteroatoms. The first-order valence-electron chi connectivity index (χ1n) is 6.53. The molecule has 1 saturated heterocycles. The Bertz CT molecular complexity index is 245. The topological polar surface area (TPSA) is 24.5 Å². The number of hydrogen-bond donors (Lipinski definition) is 1. The smallest absolute Gasteiger partial charge is 0.0503 e. The van der Waals surface area contributed by atoms with Gasteiger partial charge in [0.25, 0.3) is 0 Å². The monoisotopic (exact) mass is 240 g/mol. The molecular weight excluding hydrogens is 212 g/mol. The fraction of sp³-hybridized carbons (Fsp3) is 0.857. The Kier molecular flexibility index (Phi) is 5.63. The highest BCUT2D eigenvalue weighted by Crippen LogP contribution is 2.17. The first-order chi connectivity index (χ1) is 7.90. The molecule has 0 saturated carbocycles. The summed E-state index contributed by atoms with van der Waals surface area (Å²) in [6.45, 7) is 15.9. The number of likely N-dealkylation sites (tertiary alicyclic amines) is 1. The second kappa shape index (κ2) is 6.53. The lowest BCUT2D eigenvalue weighted by molar-refractivity contribution is 0.154. The molecule has 0 amide bonds. The summed E-state index contributed by atoms with van der Waals surface area (Å²) in [5.41, 5.74) is 1.45. The predicted molar refractivity (Wildman–Crippen MR) is 73.3 cm³/mol. The van der Waals surface area contributed by atoms with Gasteiger partial charge in [-0.05, 0) is 45.2 Å². The van der Waals surface area contributed by atoms with Gasteiger partial charge in [-0.25, -0.2) is 0 Å². The molecule has 0 aromatic carbocycles. The first-order valence-corrected chi connectivity index (χ1v) is 6.53. The molecule has 0 spiro atoms. The summed E-state index contributed by atoms with van der Waals surface area (Å²) < 4.78 is 5.21. The van der Waals surface area contributed by atoms with Gasteiger partial charge in [0.1, 0.15) is 0 Å². The van der Waals surface area contributed by atoms with Gasteiger partial charge in [0.2, 0.25) is 0 Å². The van der Waals surface area contributed by atoms with Gasteiger partial charge in [0.05, 0.1) is 6.61 Å². The molecule has 0 radical (unpaired) electrons. The maximum Gasteiger partial charge on any atom is 0.0503 e. The molecule has 17 heavy (non-hydrogen) atoms. The molecule has 1 rings (SSSR count). The highest BCUT2D eigenvalue weighted by atomic mass is 16.5. The van der Waals surface area contributed by atoms with Crippen molar-refractivity contribution in [2.45, 2.75) is 32.7 Å². The van der Waals surface area contributed by atoms with E-state index in [1.807, 2.05) is 0 Å². The lowest BCUT2D eigenvalue weighted by Gasteiger charge is -2.23. The van der Waals surface area contributed by atoms with Crippen LogP contribution >= 0.6 is 0 Å². The highest BCUT2D eigenvalue weighted by molar-refractivity contribution is 5.02. The molecule has 0 aromatic heterocycles. The Morgan fingerprint density at radius 1 is 1.47 bits per heavy atom. The Morgan fingerprint density at radius 3 is 2.76 bits per heavy atom. The number of nitrogens with one attached hydrogen (secondary N) is 1. The molecule has 0 aromatic rings. The van der Waals surface area contributed by atoms with Gasteiger partial charge in [-0.1, -0.05) is 6.58 Å². The second-order valence-electron chi connectivity index (χ2n) is 6.20. The Labute approximate surface area is 106 Å². The minimum Gasteiger partial charge on any atom is -0.384 e. The maximum atomic E-state index is 5.21. The van der Waals surface area contributed by atoms with Crippen molar-refractivity contribution in [2.24, 2.45) is 5.92 Å². The van der Waals surface area contributed by atoms with E-state index in [0.717, 1.165) is 26.2 Å². The van der Waals surface area contributed by atoms with Crippen molar-refractivity contribution >= 4 is 0 Å². The zero-order chi connectivity index (χ0) is 12.9. The summed E-state index contributed by atoms with van der Waals surface area (Å²) in [5.74, 6) is 0.711. The SMILES string of the molecule is C=C(CNC(C)(C)C)CN1CCC(COC)C1. The zero-order valence-electron chi connectivity index (χ0n) is 11.9. The minimum atomic E-state index is 0.173. The van der Waals surface area contributed by atoms with Crippen molar-refractivity contribution in [1.82, 2.24) is 10.2 Å². The van der Waals surface area contributed by atoms with Gasteiger partial charge in [0.15, 0.2) is 0 Å². The van der Waals surface area contributed by atoms with Crippen LogP contribution in [0.15, 0.2) is 12.2 Å². The standard InChI is InChI=1S/C14H28N2O/c1-12(8-15-14(2,3)4)9-16-7-6-13(10-16)11-17-5/h13,15H,1,6-11H2,2-5H3. The summed E-state index contributed by atoms with van der Waals surface area (Å²) in [7, 11) is 1.79. The average molecular weight is 240 g/mol. The van der Waals surface area contributed by atoms with Crippen LogP contribution in [0.4, 0.5) is 0 Å². The Hall–Kier alpha value is -0.380. The summed E-state index contributed by atoms with van der Waals surface area (Å²) in [5, 5.41) is 3.48. The molecule has 1 fully saturated rings. The van der Waals surface area contributed by atoms with Crippen LogP contribution in [0.1, 0.15) is 27.2 Å². The third-order valence-electron chi connectivity index (χ3n) is 3.09. The maximum absolute atomic E-state index is 5.21. The summed E-state index contributed by atoms with van der Waals surface area (Å²) in [6, 6.07) is 0. The van der Waals surface area contributed by atoms with E-state index in [9.17, 15) is 0 Å². The van der Waals surface area contributed by atoms with Crippen LogP contribution in [0.5, 0.6) is 0 Å². The van der Waals surface area contributed by atoms with Gasteiger partial charge in [-0.3, -0.25) is 4.90 Å². The first kappa shape index (κ1) is 14.7. The quantitative estimate of drug-likeness (QED) is 0.718. The number of nitrogens with zero attached hydrogens (tertiary/aromatic N) is 1. The van der Waals surface area contributed by atoms with E-state index in [-0.39, 0.29) is 5.54 Å². The van der Waals surface area contributed by atoms with Crippen molar-refractivity contribution in [1.29, 1.82) is 0 Å². The number of ether oxygens (including phenoxy) is 1. The molecule has 0 aliphatic carbocycles. The number of rotatable bonds is 6. The third kappa shape index (κ3) is 6.20. The normalized spacial score (nSPS) is 22.0. The van der Waals surface area contributed by atoms with Gasteiger partial charge < -0.3 is 10.1 Å². The lowest BCUT2D eigenvalue weighted by Crippen LogP contribution is -2.38. The molecule has 3 nitrogen and oxygen atoms in total. The third-order valence-corrected chi connectivity index (χ3v) is 3.09. The van der Waals surface area contributed by atoms with Crippen LogP contribution < -0.4 is 5.32 Å². The molecule has 1 aliphatic rings. The van der Waals surface area contributed by atoms with Crippen LogP contribution in [0, 0.1) is 5.92 Å². The van der Waals surface area contributed by atoms with Crippen molar-refractivity contribution in [2.75, 3.05) is 39.9 Å². The van der Waals surface area contributed by atoms with Crippen LogP contribution in [-0.4, -0.2) is 50.3 Å². The molecular formula is C14H28N2O. The van der Waals surface area contributed by atoms with E-state index < -0.39 is 0 Å². The van der Waals surface area contributed by atoms with Gasteiger partial charge in [0, 0.05) is 32.3 Å². The highest BCUT2D eigenvalue weighted by Gasteiger charge is 2.22. The van der Waals surface area contributed by atoms with Crippen molar-refractivity contribution in [3.05, 3.63) is 12.2 Å². The largest absolute Gasteiger partial charge is 0.384 e. The fourth-order valence-corrected chi connectivity index (χ4v) is 2.19. The van der Waals surface area contributed by atoms with Gasteiger partial charge in [-0.15, -0.1) is 0 Å². The summed E-state index contributed by atoms with van der Waals surface area (Å²) >= 11 is 0. The summed E-state index contributed by atoms with van der Waals surface area (Å²) in [6.07, 6.45) is 1.26. The van der Waals surface area contributed by atoms with Crippen molar-refractivity contribution < 1.29 is 4.74 Å². The average Bonchev–Trinajstić information content (AvgIpc) is 2.62. The molecule has 0 bridgehead atoms. The molecule has 1 N–H and O–H groups in total. The molecule has 1 heterocycles.